The average Bonchev–Trinajstić information content (AvgIpc) is 2.46. The molecule has 1 aromatic carbocycles. The molecule has 0 saturated carbocycles. The van der Waals surface area contributed by atoms with E-state index >= 15 is 0 Å². The smallest absolute Gasteiger partial charge is 0.344 e. The number of aliphatic hydroxyl groups is 1. The molecule has 0 aliphatic carbocycles. The van der Waals surface area contributed by atoms with E-state index < -0.39 is 17.7 Å². The highest BCUT2D eigenvalue weighted by Crippen LogP contribution is 2.31. The molecule has 0 saturated heterocycles. The van der Waals surface area contributed by atoms with Crippen molar-refractivity contribution in [2.75, 3.05) is 6.61 Å². The fourth-order valence-corrected chi connectivity index (χ4v) is 1.97. The van der Waals surface area contributed by atoms with Crippen molar-refractivity contribution >= 4 is 5.97 Å². The van der Waals surface area contributed by atoms with Crippen molar-refractivity contribution in [3.63, 3.8) is 0 Å². The lowest BCUT2D eigenvalue weighted by atomic mass is 9.86. The molecule has 0 amide bonds. The molecule has 2 atom stereocenters. The Balaban J connectivity index is 3.03. The summed E-state index contributed by atoms with van der Waals surface area (Å²) in [6.45, 7) is 5.34. The van der Waals surface area contributed by atoms with Gasteiger partial charge in [0.25, 0.3) is 0 Å². The van der Waals surface area contributed by atoms with Crippen LogP contribution in [0.1, 0.15) is 38.3 Å². The maximum absolute atomic E-state index is 14.2. The summed E-state index contributed by atoms with van der Waals surface area (Å²) in [7, 11) is 0. The van der Waals surface area contributed by atoms with Gasteiger partial charge in [-0.15, -0.1) is 0 Å². The Morgan fingerprint density at radius 1 is 1.32 bits per heavy atom. The van der Waals surface area contributed by atoms with E-state index in [0.717, 1.165) is 12.0 Å². The van der Waals surface area contributed by atoms with Crippen LogP contribution in [0.3, 0.4) is 0 Å². The van der Waals surface area contributed by atoms with Gasteiger partial charge in [-0.1, -0.05) is 38.1 Å². The van der Waals surface area contributed by atoms with E-state index in [1.54, 1.807) is 26.0 Å². The van der Waals surface area contributed by atoms with Gasteiger partial charge in [0.1, 0.15) is 5.60 Å². The molecule has 3 nitrogen and oxygen atoms in total. The Labute approximate surface area is 113 Å². The van der Waals surface area contributed by atoms with Gasteiger partial charge in [0.05, 0.1) is 6.61 Å². The van der Waals surface area contributed by atoms with Gasteiger partial charge in [0.2, 0.25) is 6.17 Å². The maximum Gasteiger partial charge on any atom is 0.344 e. The minimum atomic E-state index is -2.08. The summed E-state index contributed by atoms with van der Waals surface area (Å²) < 4.78 is 18.8. The second-order valence-electron chi connectivity index (χ2n) is 4.44. The van der Waals surface area contributed by atoms with Crippen molar-refractivity contribution in [1.29, 1.82) is 0 Å². The second kappa shape index (κ2) is 6.66. The molecule has 0 aliphatic rings. The van der Waals surface area contributed by atoms with Gasteiger partial charge < -0.3 is 9.84 Å². The van der Waals surface area contributed by atoms with Gasteiger partial charge in [-0.3, -0.25) is 0 Å². The topological polar surface area (TPSA) is 46.5 Å². The molecular formula is C15H21FO3. The number of carbonyl (C=O) groups excluding carboxylic acids is 1. The normalized spacial score (nSPS) is 15.6. The van der Waals surface area contributed by atoms with Crippen molar-refractivity contribution in [2.24, 2.45) is 0 Å². The van der Waals surface area contributed by atoms with E-state index in [2.05, 4.69) is 4.74 Å². The predicted octanol–water partition coefficient (Wildman–Crippen LogP) is 2.75. The number of carbonyl (C=O) groups is 1. The number of aryl methyl sites for hydroxylation is 1. The molecular weight excluding hydrogens is 247 g/mol. The van der Waals surface area contributed by atoms with E-state index in [1.165, 1.54) is 0 Å². The van der Waals surface area contributed by atoms with Gasteiger partial charge in [-0.2, -0.15) is 0 Å². The summed E-state index contributed by atoms with van der Waals surface area (Å²) in [5, 5.41) is 10.4. The van der Waals surface area contributed by atoms with Crippen molar-refractivity contribution in [3.05, 3.63) is 35.4 Å². The highest BCUT2D eigenvalue weighted by Gasteiger charge is 2.43. The first-order valence-electron chi connectivity index (χ1n) is 6.62. The number of halogens is 1. The fraction of sp³-hybridized carbons (Fsp3) is 0.533. The van der Waals surface area contributed by atoms with E-state index in [1.807, 2.05) is 19.1 Å². The van der Waals surface area contributed by atoms with Crippen LogP contribution in [-0.2, 0) is 21.6 Å². The molecule has 106 valence electrons. The molecule has 0 spiro atoms. The first-order chi connectivity index (χ1) is 8.99. The van der Waals surface area contributed by atoms with Crippen LogP contribution in [0.2, 0.25) is 0 Å². The number of ether oxygens (including phenoxy) is 1. The summed E-state index contributed by atoms with van der Waals surface area (Å²) in [6.07, 6.45) is -1.12. The molecule has 1 aromatic rings. The quantitative estimate of drug-likeness (QED) is 0.807. The lowest BCUT2D eigenvalue weighted by Gasteiger charge is -2.29. The zero-order chi connectivity index (χ0) is 14.5. The van der Waals surface area contributed by atoms with E-state index in [-0.39, 0.29) is 13.0 Å². The number of benzene rings is 1. The molecule has 0 heterocycles. The van der Waals surface area contributed by atoms with Gasteiger partial charge in [-0.05, 0) is 30.9 Å². The van der Waals surface area contributed by atoms with Crippen molar-refractivity contribution in [3.8, 4) is 0 Å². The van der Waals surface area contributed by atoms with Gasteiger partial charge in [-0.25, -0.2) is 9.18 Å². The molecule has 0 bridgehead atoms. The SMILES string of the molecule is CCOC(=O)C(F)C(O)(CC)c1ccc(CC)cc1. The van der Waals surface area contributed by atoms with E-state index in [4.69, 9.17) is 0 Å². The van der Waals surface area contributed by atoms with Crippen LogP contribution in [0.4, 0.5) is 4.39 Å². The Bertz CT molecular complexity index is 416. The summed E-state index contributed by atoms with van der Waals surface area (Å²) in [5.41, 5.74) is -0.347. The summed E-state index contributed by atoms with van der Waals surface area (Å²) in [4.78, 5) is 11.5. The molecule has 0 fully saturated rings. The highest BCUT2D eigenvalue weighted by molar-refractivity contribution is 5.76. The van der Waals surface area contributed by atoms with Crippen molar-refractivity contribution < 1.29 is 19.0 Å². The second-order valence-corrected chi connectivity index (χ2v) is 4.44. The average molecular weight is 268 g/mol. The minimum Gasteiger partial charge on any atom is -0.464 e. The van der Waals surface area contributed by atoms with Crippen LogP contribution in [-0.4, -0.2) is 23.9 Å². The molecule has 1 rings (SSSR count). The van der Waals surface area contributed by atoms with Crippen LogP contribution in [0.15, 0.2) is 24.3 Å². The third-order valence-electron chi connectivity index (χ3n) is 3.31. The number of esters is 1. The maximum atomic E-state index is 14.2. The molecule has 19 heavy (non-hydrogen) atoms. The summed E-state index contributed by atoms with van der Waals surface area (Å²) >= 11 is 0. The van der Waals surface area contributed by atoms with Crippen LogP contribution < -0.4 is 0 Å². The Morgan fingerprint density at radius 3 is 2.32 bits per heavy atom. The first kappa shape index (κ1) is 15.6. The fourth-order valence-electron chi connectivity index (χ4n) is 1.97. The zero-order valence-electron chi connectivity index (χ0n) is 11.6. The Morgan fingerprint density at radius 2 is 1.89 bits per heavy atom. The number of alkyl halides is 1. The van der Waals surface area contributed by atoms with E-state index in [0.29, 0.717) is 5.56 Å². The molecule has 4 heteroatoms. The first-order valence-corrected chi connectivity index (χ1v) is 6.62. The highest BCUT2D eigenvalue weighted by atomic mass is 19.1. The Kier molecular flexibility index (Phi) is 5.48. The van der Waals surface area contributed by atoms with Crippen LogP contribution in [0, 0.1) is 0 Å². The molecule has 2 unspecified atom stereocenters. The molecule has 1 N–H and O–H groups in total. The van der Waals surface area contributed by atoms with Gasteiger partial charge in [0, 0.05) is 0 Å². The standard InChI is InChI=1S/C15H21FO3/c1-4-11-7-9-12(10-8-11)15(18,5-2)13(16)14(17)19-6-3/h7-10,13,18H,4-6H2,1-3H3. The van der Waals surface area contributed by atoms with Crippen LogP contribution >= 0.6 is 0 Å². The van der Waals surface area contributed by atoms with Crippen molar-refractivity contribution in [1.82, 2.24) is 0 Å². The molecule has 0 aliphatic heterocycles. The van der Waals surface area contributed by atoms with Gasteiger partial charge >= 0.3 is 5.97 Å². The lowest BCUT2D eigenvalue weighted by Crippen LogP contribution is -2.42. The number of hydrogen-bond acceptors (Lipinski definition) is 3. The largest absolute Gasteiger partial charge is 0.464 e. The number of hydrogen-bond donors (Lipinski definition) is 1. The summed E-state index contributed by atoms with van der Waals surface area (Å²) in [5.74, 6) is -1.02. The summed E-state index contributed by atoms with van der Waals surface area (Å²) in [6, 6.07) is 6.98. The zero-order valence-corrected chi connectivity index (χ0v) is 11.6. The monoisotopic (exact) mass is 268 g/mol. The van der Waals surface area contributed by atoms with Crippen LogP contribution in [0.25, 0.3) is 0 Å². The van der Waals surface area contributed by atoms with Gasteiger partial charge in [0.15, 0.2) is 0 Å². The molecule has 0 radical (unpaired) electrons. The lowest BCUT2D eigenvalue weighted by molar-refractivity contribution is -0.162. The number of rotatable bonds is 6. The molecule has 0 aromatic heterocycles. The van der Waals surface area contributed by atoms with Crippen LogP contribution in [0.5, 0.6) is 0 Å². The third kappa shape index (κ3) is 3.32. The third-order valence-corrected chi connectivity index (χ3v) is 3.31. The minimum absolute atomic E-state index is 0.0911. The Hall–Kier alpha value is -1.42. The van der Waals surface area contributed by atoms with E-state index in [9.17, 15) is 14.3 Å². The predicted molar refractivity (Wildman–Crippen MR) is 71.5 cm³/mol. The van der Waals surface area contributed by atoms with Crippen molar-refractivity contribution in [2.45, 2.75) is 45.4 Å².